The number of rotatable bonds is 7. The Kier molecular flexibility index (Phi) is 7.80. The van der Waals surface area contributed by atoms with Crippen molar-refractivity contribution in [1.82, 2.24) is 10.6 Å². The van der Waals surface area contributed by atoms with Crippen LogP contribution in [0.5, 0.6) is 0 Å². The molecule has 0 saturated heterocycles. The topological polar surface area (TPSA) is 78.4 Å². The van der Waals surface area contributed by atoms with Gasteiger partial charge >= 0.3 is 12.0 Å². The van der Waals surface area contributed by atoms with Gasteiger partial charge in [0.15, 0.2) is 0 Å². The Labute approximate surface area is 100 Å². The van der Waals surface area contributed by atoms with E-state index < -0.39 is 5.97 Å². The van der Waals surface area contributed by atoms with E-state index in [0.29, 0.717) is 6.54 Å². The first-order valence-electron chi connectivity index (χ1n) is 5.22. The summed E-state index contributed by atoms with van der Waals surface area (Å²) in [7, 11) is 0. The molecule has 0 rings (SSSR count). The van der Waals surface area contributed by atoms with Crippen LogP contribution in [-0.2, 0) is 4.79 Å². The SMILES string of the molecule is CSCCNC(=O)NC(CC(=O)O)C(C)C. The number of hydrogen-bond acceptors (Lipinski definition) is 3. The normalized spacial score (nSPS) is 12.2. The van der Waals surface area contributed by atoms with E-state index in [4.69, 9.17) is 5.11 Å². The lowest BCUT2D eigenvalue weighted by Gasteiger charge is -2.20. The highest BCUT2D eigenvalue weighted by atomic mass is 32.2. The minimum atomic E-state index is -0.900. The molecule has 1 unspecified atom stereocenters. The molecular formula is C10H20N2O3S. The van der Waals surface area contributed by atoms with Gasteiger partial charge in [0.25, 0.3) is 0 Å². The molecule has 94 valence electrons. The second-order valence-electron chi connectivity index (χ2n) is 3.84. The lowest BCUT2D eigenvalue weighted by molar-refractivity contribution is -0.137. The summed E-state index contributed by atoms with van der Waals surface area (Å²) in [5.41, 5.74) is 0. The van der Waals surface area contributed by atoms with Gasteiger partial charge in [-0.2, -0.15) is 11.8 Å². The van der Waals surface area contributed by atoms with Crippen molar-refractivity contribution in [1.29, 1.82) is 0 Å². The maximum atomic E-state index is 11.4. The molecule has 0 spiro atoms. The maximum Gasteiger partial charge on any atom is 0.315 e. The second-order valence-corrected chi connectivity index (χ2v) is 4.83. The average molecular weight is 248 g/mol. The molecule has 5 nitrogen and oxygen atoms in total. The molecule has 0 aromatic carbocycles. The predicted octanol–water partition coefficient (Wildman–Crippen LogP) is 1.15. The molecule has 0 aliphatic heterocycles. The van der Waals surface area contributed by atoms with Gasteiger partial charge in [-0.1, -0.05) is 13.8 Å². The molecule has 0 radical (unpaired) electrons. The summed E-state index contributed by atoms with van der Waals surface area (Å²) in [5.74, 6) is 0.0455. The number of urea groups is 1. The first kappa shape index (κ1) is 15.1. The van der Waals surface area contributed by atoms with Crippen molar-refractivity contribution in [2.24, 2.45) is 5.92 Å². The minimum absolute atomic E-state index is 0.0480. The molecule has 0 aromatic heterocycles. The molecule has 6 heteroatoms. The largest absolute Gasteiger partial charge is 0.481 e. The first-order valence-corrected chi connectivity index (χ1v) is 6.61. The average Bonchev–Trinajstić information content (AvgIpc) is 2.16. The van der Waals surface area contributed by atoms with Crippen LogP contribution in [0.4, 0.5) is 4.79 Å². The summed E-state index contributed by atoms with van der Waals surface area (Å²) in [6, 6.07) is -0.624. The van der Waals surface area contributed by atoms with Gasteiger partial charge in [0, 0.05) is 18.3 Å². The number of thioether (sulfide) groups is 1. The Balaban J connectivity index is 3.98. The highest BCUT2D eigenvalue weighted by Crippen LogP contribution is 2.05. The van der Waals surface area contributed by atoms with E-state index in [0.717, 1.165) is 5.75 Å². The Morgan fingerprint density at radius 2 is 2.00 bits per heavy atom. The van der Waals surface area contributed by atoms with Gasteiger partial charge in [-0.05, 0) is 12.2 Å². The van der Waals surface area contributed by atoms with Crippen LogP contribution >= 0.6 is 11.8 Å². The van der Waals surface area contributed by atoms with E-state index in [1.807, 2.05) is 20.1 Å². The number of amides is 2. The fraction of sp³-hybridized carbons (Fsp3) is 0.800. The van der Waals surface area contributed by atoms with Crippen LogP contribution in [0.15, 0.2) is 0 Å². The highest BCUT2D eigenvalue weighted by molar-refractivity contribution is 7.98. The number of hydrogen-bond donors (Lipinski definition) is 3. The molecule has 0 aliphatic carbocycles. The maximum absolute atomic E-state index is 11.4. The van der Waals surface area contributed by atoms with Crippen LogP contribution in [0.25, 0.3) is 0 Å². The quantitative estimate of drug-likeness (QED) is 0.591. The standard InChI is InChI=1S/C10H20N2O3S/c1-7(2)8(6-9(13)14)12-10(15)11-4-5-16-3/h7-8H,4-6H2,1-3H3,(H,13,14)(H2,11,12,15). The zero-order chi connectivity index (χ0) is 12.6. The van der Waals surface area contributed by atoms with Gasteiger partial charge in [-0.25, -0.2) is 4.79 Å². The van der Waals surface area contributed by atoms with Gasteiger partial charge in [0.1, 0.15) is 0 Å². The van der Waals surface area contributed by atoms with Crippen LogP contribution in [-0.4, -0.2) is 41.7 Å². The minimum Gasteiger partial charge on any atom is -0.481 e. The lowest BCUT2D eigenvalue weighted by atomic mass is 10.0. The number of aliphatic carboxylic acids is 1. The number of carboxylic acids is 1. The summed E-state index contributed by atoms with van der Waals surface area (Å²) in [6.45, 7) is 4.36. The van der Waals surface area contributed by atoms with E-state index in [2.05, 4.69) is 10.6 Å². The van der Waals surface area contributed by atoms with Crippen molar-refractivity contribution in [2.45, 2.75) is 26.3 Å². The second kappa shape index (κ2) is 8.27. The summed E-state index contributed by atoms with van der Waals surface area (Å²) < 4.78 is 0. The molecule has 0 saturated carbocycles. The number of carbonyl (C=O) groups excluding carboxylic acids is 1. The molecule has 0 aromatic rings. The van der Waals surface area contributed by atoms with Crippen LogP contribution in [0.2, 0.25) is 0 Å². The lowest BCUT2D eigenvalue weighted by Crippen LogP contribution is -2.45. The van der Waals surface area contributed by atoms with E-state index in [9.17, 15) is 9.59 Å². The number of nitrogens with one attached hydrogen (secondary N) is 2. The van der Waals surface area contributed by atoms with Crippen molar-refractivity contribution in [3.05, 3.63) is 0 Å². The third-order valence-electron chi connectivity index (χ3n) is 2.11. The fourth-order valence-corrected chi connectivity index (χ4v) is 1.43. The summed E-state index contributed by atoms with van der Waals surface area (Å²) in [6.07, 6.45) is 1.91. The van der Waals surface area contributed by atoms with Gasteiger partial charge in [-0.15, -0.1) is 0 Å². The Morgan fingerprint density at radius 1 is 1.38 bits per heavy atom. The number of carboxylic acid groups (broad SMARTS) is 1. The summed E-state index contributed by atoms with van der Waals surface area (Å²) >= 11 is 1.64. The molecule has 16 heavy (non-hydrogen) atoms. The first-order chi connectivity index (χ1) is 7.47. The van der Waals surface area contributed by atoms with Crippen LogP contribution in [0, 0.1) is 5.92 Å². The van der Waals surface area contributed by atoms with E-state index in [-0.39, 0.29) is 24.4 Å². The van der Waals surface area contributed by atoms with Gasteiger partial charge in [0.05, 0.1) is 6.42 Å². The highest BCUT2D eigenvalue weighted by Gasteiger charge is 2.18. The van der Waals surface area contributed by atoms with Crippen molar-refractivity contribution in [3.63, 3.8) is 0 Å². The van der Waals surface area contributed by atoms with Crippen LogP contribution < -0.4 is 10.6 Å². The molecule has 0 fully saturated rings. The molecular weight excluding hydrogens is 228 g/mol. The zero-order valence-corrected chi connectivity index (χ0v) is 10.8. The van der Waals surface area contributed by atoms with Crippen LogP contribution in [0.1, 0.15) is 20.3 Å². The molecule has 0 bridgehead atoms. The molecule has 2 amide bonds. The Hall–Kier alpha value is -0.910. The molecule has 3 N–H and O–H groups in total. The predicted molar refractivity (Wildman–Crippen MR) is 65.8 cm³/mol. The van der Waals surface area contributed by atoms with Gasteiger partial charge in [0.2, 0.25) is 0 Å². The molecule has 0 aliphatic rings. The van der Waals surface area contributed by atoms with Gasteiger partial charge < -0.3 is 15.7 Å². The van der Waals surface area contributed by atoms with E-state index >= 15 is 0 Å². The van der Waals surface area contributed by atoms with Crippen molar-refractivity contribution < 1.29 is 14.7 Å². The summed E-state index contributed by atoms with van der Waals surface area (Å²) in [5, 5.41) is 14.0. The Morgan fingerprint density at radius 3 is 2.44 bits per heavy atom. The van der Waals surface area contributed by atoms with Crippen molar-refractivity contribution in [3.8, 4) is 0 Å². The zero-order valence-electron chi connectivity index (χ0n) is 9.95. The molecule has 1 atom stereocenters. The monoisotopic (exact) mass is 248 g/mol. The molecule has 0 heterocycles. The van der Waals surface area contributed by atoms with Crippen LogP contribution in [0.3, 0.4) is 0 Å². The third-order valence-corrected chi connectivity index (χ3v) is 2.72. The Bertz CT molecular complexity index is 234. The number of carbonyl (C=O) groups is 2. The van der Waals surface area contributed by atoms with Gasteiger partial charge in [-0.3, -0.25) is 4.79 Å². The fourth-order valence-electron chi connectivity index (χ4n) is 1.13. The summed E-state index contributed by atoms with van der Waals surface area (Å²) in [4.78, 5) is 22.0. The van der Waals surface area contributed by atoms with E-state index in [1.54, 1.807) is 11.8 Å². The van der Waals surface area contributed by atoms with E-state index in [1.165, 1.54) is 0 Å². The smallest absolute Gasteiger partial charge is 0.315 e. The van der Waals surface area contributed by atoms with Crippen molar-refractivity contribution in [2.75, 3.05) is 18.6 Å². The third kappa shape index (κ3) is 7.39. The van der Waals surface area contributed by atoms with Crippen molar-refractivity contribution >= 4 is 23.8 Å².